The number of nitrogens with one attached hydrogen (secondary N) is 1. The molecule has 0 aliphatic carbocycles. The SMILES string of the molecule is COC(=O)C1=C(C)NC(=O)C[C@@H]1c1cc2c(cc1Br)OCO2. The summed E-state index contributed by atoms with van der Waals surface area (Å²) >= 11 is 3.48. The lowest BCUT2D eigenvalue weighted by atomic mass is 9.84. The van der Waals surface area contributed by atoms with Crippen LogP contribution in [0.5, 0.6) is 11.5 Å². The summed E-state index contributed by atoms with van der Waals surface area (Å²) in [6.07, 6.45) is 0.167. The zero-order valence-electron chi connectivity index (χ0n) is 12.1. The van der Waals surface area contributed by atoms with Gasteiger partial charge in [-0.1, -0.05) is 15.9 Å². The smallest absolute Gasteiger partial charge is 0.336 e. The molecule has 1 amide bonds. The molecule has 2 aliphatic rings. The number of hydrogen-bond donors (Lipinski definition) is 1. The zero-order valence-corrected chi connectivity index (χ0v) is 13.7. The lowest BCUT2D eigenvalue weighted by molar-refractivity contribution is -0.136. The Bertz CT molecular complexity index is 697. The van der Waals surface area contributed by atoms with Crippen LogP contribution < -0.4 is 14.8 Å². The number of hydrogen-bond acceptors (Lipinski definition) is 5. The van der Waals surface area contributed by atoms with Gasteiger partial charge in [-0.05, 0) is 24.6 Å². The highest BCUT2D eigenvalue weighted by Gasteiger charge is 2.34. The molecule has 1 aromatic rings. The van der Waals surface area contributed by atoms with E-state index in [0.717, 1.165) is 10.0 Å². The maximum atomic E-state index is 12.1. The van der Waals surface area contributed by atoms with Crippen molar-refractivity contribution in [2.24, 2.45) is 0 Å². The van der Waals surface area contributed by atoms with Crippen LogP contribution in [0, 0.1) is 0 Å². The van der Waals surface area contributed by atoms with E-state index >= 15 is 0 Å². The Morgan fingerprint density at radius 1 is 1.36 bits per heavy atom. The van der Waals surface area contributed by atoms with E-state index in [1.807, 2.05) is 0 Å². The second-order valence-corrected chi connectivity index (χ2v) is 5.92. The van der Waals surface area contributed by atoms with Crippen molar-refractivity contribution in [2.75, 3.05) is 13.9 Å². The average molecular weight is 368 g/mol. The number of carbonyl (C=O) groups excluding carboxylic acids is 2. The highest BCUT2D eigenvalue weighted by molar-refractivity contribution is 9.10. The molecule has 22 heavy (non-hydrogen) atoms. The second kappa shape index (κ2) is 5.64. The van der Waals surface area contributed by atoms with Crippen LogP contribution in [0.2, 0.25) is 0 Å². The Morgan fingerprint density at radius 2 is 2.05 bits per heavy atom. The van der Waals surface area contributed by atoms with Gasteiger partial charge in [0, 0.05) is 22.5 Å². The van der Waals surface area contributed by atoms with Crippen LogP contribution in [0.3, 0.4) is 0 Å². The largest absolute Gasteiger partial charge is 0.466 e. The number of carbonyl (C=O) groups is 2. The molecule has 2 heterocycles. The fourth-order valence-corrected chi connectivity index (χ4v) is 3.35. The van der Waals surface area contributed by atoms with Crippen molar-refractivity contribution in [1.29, 1.82) is 0 Å². The van der Waals surface area contributed by atoms with Gasteiger partial charge in [0.15, 0.2) is 11.5 Å². The fraction of sp³-hybridized carbons (Fsp3) is 0.333. The third-order valence-electron chi connectivity index (χ3n) is 3.74. The van der Waals surface area contributed by atoms with Crippen molar-refractivity contribution < 1.29 is 23.8 Å². The topological polar surface area (TPSA) is 73.9 Å². The molecular formula is C15H14BrNO5. The number of halogens is 1. The molecule has 0 unspecified atom stereocenters. The van der Waals surface area contributed by atoms with Crippen LogP contribution in [-0.2, 0) is 14.3 Å². The quantitative estimate of drug-likeness (QED) is 0.811. The predicted octanol–water partition coefficient (Wildman–Crippen LogP) is 2.23. The molecule has 0 saturated carbocycles. The number of rotatable bonds is 2. The van der Waals surface area contributed by atoms with Crippen LogP contribution in [-0.4, -0.2) is 25.8 Å². The van der Waals surface area contributed by atoms with Crippen molar-refractivity contribution in [3.05, 3.63) is 33.4 Å². The Balaban J connectivity index is 2.10. The monoisotopic (exact) mass is 367 g/mol. The van der Waals surface area contributed by atoms with E-state index in [0.29, 0.717) is 22.8 Å². The first-order chi connectivity index (χ1) is 10.5. The van der Waals surface area contributed by atoms with Crippen molar-refractivity contribution in [2.45, 2.75) is 19.3 Å². The summed E-state index contributed by atoms with van der Waals surface area (Å²) in [6.45, 7) is 1.85. The summed E-state index contributed by atoms with van der Waals surface area (Å²) in [7, 11) is 1.32. The van der Waals surface area contributed by atoms with E-state index in [4.69, 9.17) is 14.2 Å². The van der Waals surface area contributed by atoms with E-state index in [-0.39, 0.29) is 19.1 Å². The van der Waals surface area contributed by atoms with Gasteiger partial charge in [0.1, 0.15) is 0 Å². The van der Waals surface area contributed by atoms with Crippen LogP contribution in [0.15, 0.2) is 27.9 Å². The number of amides is 1. The first-order valence-corrected chi connectivity index (χ1v) is 7.48. The van der Waals surface area contributed by atoms with Crippen LogP contribution in [0.4, 0.5) is 0 Å². The van der Waals surface area contributed by atoms with Crippen LogP contribution in [0.25, 0.3) is 0 Å². The van der Waals surface area contributed by atoms with Gasteiger partial charge in [0.2, 0.25) is 12.7 Å². The molecule has 0 bridgehead atoms. The number of esters is 1. The molecule has 1 aromatic carbocycles. The van der Waals surface area contributed by atoms with Crippen molar-refractivity contribution in [1.82, 2.24) is 5.32 Å². The van der Waals surface area contributed by atoms with Crippen LogP contribution >= 0.6 is 15.9 Å². The molecule has 1 atom stereocenters. The molecule has 3 rings (SSSR count). The molecule has 2 aliphatic heterocycles. The minimum atomic E-state index is -0.452. The normalized spacial score (nSPS) is 20.0. The Hall–Kier alpha value is -2.02. The van der Waals surface area contributed by atoms with E-state index in [1.165, 1.54) is 7.11 Å². The third-order valence-corrected chi connectivity index (χ3v) is 4.43. The molecule has 6 nitrogen and oxygen atoms in total. The fourth-order valence-electron chi connectivity index (χ4n) is 2.75. The van der Waals surface area contributed by atoms with E-state index < -0.39 is 11.9 Å². The first kappa shape index (κ1) is 14.9. The number of allylic oxidation sites excluding steroid dienone is 1. The molecule has 0 radical (unpaired) electrons. The minimum absolute atomic E-state index is 0.139. The molecule has 7 heteroatoms. The van der Waals surface area contributed by atoms with Gasteiger partial charge in [0.05, 0.1) is 12.7 Å². The summed E-state index contributed by atoms with van der Waals surface area (Å²) < 4.78 is 16.3. The Morgan fingerprint density at radius 3 is 2.73 bits per heavy atom. The molecule has 0 spiro atoms. The molecular weight excluding hydrogens is 354 g/mol. The van der Waals surface area contributed by atoms with Gasteiger partial charge >= 0.3 is 5.97 Å². The van der Waals surface area contributed by atoms with Gasteiger partial charge in [0.25, 0.3) is 0 Å². The highest BCUT2D eigenvalue weighted by Crippen LogP contribution is 2.43. The van der Waals surface area contributed by atoms with E-state index in [9.17, 15) is 9.59 Å². The second-order valence-electron chi connectivity index (χ2n) is 5.06. The average Bonchev–Trinajstić information content (AvgIpc) is 2.91. The first-order valence-electron chi connectivity index (χ1n) is 6.69. The maximum absolute atomic E-state index is 12.1. The molecule has 116 valence electrons. The van der Waals surface area contributed by atoms with Crippen molar-refractivity contribution in [3.63, 3.8) is 0 Å². The molecule has 0 saturated heterocycles. The van der Waals surface area contributed by atoms with Crippen molar-refractivity contribution in [3.8, 4) is 11.5 Å². The zero-order chi connectivity index (χ0) is 15.9. The Kier molecular flexibility index (Phi) is 3.82. The number of ether oxygens (including phenoxy) is 3. The highest BCUT2D eigenvalue weighted by atomic mass is 79.9. The summed E-state index contributed by atoms with van der Waals surface area (Å²) in [5, 5.41) is 2.68. The molecule has 0 fully saturated rings. The van der Waals surface area contributed by atoms with Crippen LogP contribution in [0.1, 0.15) is 24.8 Å². The maximum Gasteiger partial charge on any atom is 0.336 e. The van der Waals surface area contributed by atoms with Gasteiger partial charge in [-0.3, -0.25) is 4.79 Å². The van der Waals surface area contributed by atoms with Gasteiger partial charge in [-0.2, -0.15) is 0 Å². The molecule has 0 aromatic heterocycles. The standard InChI is InChI=1S/C15H14BrNO5/c1-7-14(15(19)20-2)9(4-13(18)17-7)8-3-11-12(5-10(8)16)22-6-21-11/h3,5,9H,4,6H2,1-2H3,(H,17,18)/t9-/m1/s1. The third kappa shape index (κ3) is 2.45. The van der Waals surface area contributed by atoms with E-state index in [1.54, 1.807) is 19.1 Å². The summed E-state index contributed by atoms with van der Waals surface area (Å²) in [5.41, 5.74) is 1.75. The summed E-state index contributed by atoms with van der Waals surface area (Å²) in [4.78, 5) is 24.0. The van der Waals surface area contributed by atoms with Gasteiger partial charge in [-0.15, -0.1) is 0 Å². The lowest BCUT2D eigenvalue weighted by Crippen LogP contribution is -2.34. The minimum Gasteiger partial charge on any atom is -0.466 e. The summed E-state index contributed by atoms with van der Waals surface area (Å²) in [5.74, 6) is 0.249. The van der Waals surface area contributed by atoms with Gasteiger partial charge < -0.3 is 19.5 Å². The van der Waals surface area contributed by atoms with Crippen molar-refractivity contribution >= 4 is 27.8 Å². The van der Waals surface area contributed by atoms with E-state index in [2.05, 4.69) is 21.2 Å². The molecule has 1 N–H and O–H groups in total. The number of methoxy groups -OCH3 is 1. The lowest BCUT2D eigenvalue weighted by Gasteiger charge is -2.27. The Labute approximate surface area is 135 Å². The predicted molar refractivity (Wildman–Crippen MR) is 80.5 cm³/mol. The van der Waals surface area contributed by atoms with Gasteiger partial charge in [-0.25, -0.2) is 4.79 Å². The summed E-state index contributed by atoms with van der Waals surface area (Å²) in [6, 6.07) is 3.58. The number of benzene rings is 1. The number of fused-ring (bicyclic) bond motifs is 1.